The lowest BCUT2D eigenvalue weighted by atomic mass is 10.2. The molecule has 0 aliphatic carbocycles. The summed E-state index contributed by atoms with van der Waals surface area (Å²) in [5.74, 6) is -0.784. The van der Waals surface area contributed by atoms with Crippen molar-refractivity contribution >= 4 is 29.3 Å². The third-order valence-electron chi connectivity index (χ3n) is 3.80. The standard InChI is InChI=1S/C16H15ClN4O3/c17-12-2-1-5-19-14(12)21-7-4-11(9-21)20-15(22)10-3-6-18-13(8-10)16(23)24/h1-3,5-6,8,11H,4,7,9H2,(H,20,22)(H,23,24). The van der Waals surface area contributed by atoms with Crippen LogP contribution in [0.25, 0.3) is 0 Å². The van der Waals surface area contributed by atoms with Crippen molar-refractivity contribution in [3.05, 3.63) is 52.9 Å². The molecule has 1 fully saturated rings. The Labute approximate surface area is 143 Å². The van der Waals surface area contributed by atoms with E-state index >= 15 is 0 Å². The fourth-order valence-corrected chi connectivity index (χ4v) is 2.88. The first-order chi connectivity index (χ1) is 11.5. The van der Waals surface area contributed by atoms with Gasteiger partial charge < -0.3 is 15.3 Å². The minimum atomic E-state index is -1.17. The average molecular weight is 347 g/mol. The number of hydrogen-bond acceptors (Lipinski definition) is 5. The topological polar surface area (TPSA) is 95.4 Å². The van der Waals surface area contributed by atoms with Gasteiger partial charge in [0.15, 0.2) is 0 Å². The molecule has 0 radical (unpaired) electrons. The highest BCUT2D eigenvalue weighted by Gasteiger charge is 2.26. The van der Waals surface area contributed by atoms with Crippen molar-refractivity contribution in [3.63, 3.8) is 0 Å². The summed E-state index contributed by atoms with van der Waals surface area (Å²) in [6.07, 6.45) is 3.75. The Morgan fingerprint density at radius 3 is 2.88 bits per heavy atom. The van der Waals surface area contributed by atoms with Crippen LogP contribution < -0.4 is 10.2 Å². The summed E-state index contributed by atoms with van der Waals surface area (Å²) in [5, 5.41) is 12.4. The van der Waals surface area contributed by atoms with Crippen LogP contribution in [0, 0.1) is 0 Å². The van der Waals surface area contributed by atoms with Crippen LogP contribution in [-0.4, -0.2) is 46.1 Å². The molecule has 1 aliphatic rings. The smallest absolute Gasteiger partial charge is 0.354 e. The van der Waals surface area contributed by atoms with Crippen LogP contribution in [0.5, 0.6) is 0 Å². The molecule has 1 unspecified atom stereocenters. The van der Waals surface area contributed by atoms with Crippen LogP contribution in [0.1, 0.15) is 27.3 Å². The quantitative estimate of drug-likeness (QED) is 0.877. The predicted octanol–water partition coefficient (Wildman–Crippen LogP) is 1.84. The average Bonchev–Trinajstić information content (AvgIpc) is 3.03. The van der Waals surface area contributed by atoms with Crippen molar-refractivity contribution in [1.29, 1.82) is 0 Å². The minimum absolute atomic E-state index is 0.0583. The van der Waals surface area contributed by atoms with E-state index in [2.05, 4.69) is 15.3 Å². The highest BCUT2D eigenvalue weighted by Crippen LogP contribution is 2.25. The third kappa shape index (κ3) is 3.46. The number of carboxylic acids is 1. The van der Waals surface area contributed by atoms with E-state index in [0.29, 0.717) is 17.4 Å². The summed E-state index contributed by atoms with van der Waals surface area (Å²) < 4.78 is 0. The molecule has 2 aromatic heterocycles. The van der Waals surface area contributed by atoms with Gasteiger partial charge in [0.25, 0.3) is 5.91 Å². The number of amides is 1. The van der Waals surface area contributed by atoms with E-state index in [1.165, 1.54) is 18.3 Å². The molecule has 2 N–H and O–H groups in total. The van der Waals surface area contributed by atoms with Crippen molar-refractivity contribution in [3.8, 4) is 0 Å². The van der Waals surface area contributed by atoms with Gasteiger partial charge in [-0.2, -0.15) is 0 Å². The number of carbonyl (C=O) groups excluding carboxylic acids is 1. The van der Waals surface area contributed by atoms with Crippen molar-refractivity contribution in [2.75, 3.05) is 18.0 Å². The van der Waals surface area contributed by atoms with Gasteiger partial charge in [0.1, 0.15) is 11.5 Å². The van der Waals surface area contributed by atoms with Gasteiger partial charge in [-0.1, -0.05) is 11.6 Å². The summed E-state index contributed by atoms with van der Waals surface area (Å²) in [6.45, 7) is 1.33. The van der Waals surface area contributed by atoms with Gasteiger partial charge >= 0.3 is 5.97 Å². The Balaban J connectivity index is 1.65. The van der Waals surface area contributed by atoms with Gasteiger partial charge in [-0.3, -0.25) is 4.79 Å². The number of carboxylic acid groups (broad SMARTS) is 1. The van der Waals surface area contributed by atoms with Gasteiger partial charge in [-0.25, -0.2) is 14.8 Å². The second-order valence-corrected chi connectivity index (χ2v) is 5.86. The molecule has 0 saturated carbocycles. The molecule has 24 heavy (non-hydrogen) atoms. The number of pyridine rings is 2. The highest BCUT2D eigenvalue weighted by molar-refractivity contribution is 6.32. The van der Waals surface area contributed by atoms with Crippen molar-refractivity contribution < 1.29 is 14.7 Å². The van der Waals surface area contributed by atoms with Crippen LogP contribution >= 0.6 is 11.6 Å². The van der Waals surface area contributed by atoms with Crippen LogP contribution in [-0.2, 0) is 0 Å². The van der Waals surface area contributed by atoms with Gasteiger partial charge in [-0.05, 0) is 30.7 Å². The second kappa shape index (κ2) is 6.84. The van der Waals surface area contributed by atoms with Crippen LogP contribution in [0.15, 0.2) is 36.7 Å². The molecule has 0 aromatic carbocycles. The third-order valence-corrected chi connectivity index (χ3v) is 4.10. The Bertz CT molecular complexity index is 783. The number of nitrogens with one attached hydrogen (secondary N) is 1. The highest BCUT2D eigenvalue weighted by atomic mass is 35.5. The SMILES string of the molecule is O=C(NC1CCN(c2ncccc2Cl)C1)c1ccnc(C(=O)O)c1. The lowest BCUT2D eigenvalue weighted by molar-refractivity contribution is 0.0690. The molecule has 7 nitrogen and oxygen atoms in total. The Kier molecular flexibility index (Phi) is 4.61. The molecule has 8 heteroatoms. The van der Waals surface area contributed by atoms with E-state index in [1.54, 1.807) is 18.3 Å². The largest absolute Gasteiger partial charge is 0.477 e. The molecule has 2 aromatic rings. The van der Waals surface area contributed by atoms with E-state index < -0.39 is 5.97 Å². The van der Waals surface area contributed by atoms with Crippen molar-refractivity contribution in [2.24, 2.45) is 0 Å². The molecule has 0 bridgehead atoms. The normalized spacial score (nSPS) is 16.9. The number of nitrogens with zero attached hydrogens (tertiary/aromatic N) is 3. The first kappa shape index (κ1) is 16.2. The maximum Gasteiger partial charge on any atom is 0.354 e. The maximum atomic E-state index is 12.3. The fourth-order valence-electron chi connectivity index (χ4n) is 2.64. The number of aromatic nitrogens is 2. The molecule has 1 saturated heterocycles. The molecule has 3 heterocycles. The minimum Gasteiger partial charge on any atom is -0.477 e. The van der Waals surface area contributed by atoms with Crippen LogP contribution in [0.3, 0.4) is 0 Å². The molecule has 1 amide bonds. The lowest BCUT2D eigenvalue weighted by Crippen LogP contribution is -2.37. The van der Waals surface area contributed by atoms with Crippen LogP contribution in [0.2, 0.25) is 5.02 Å². The van der Waals surface area contributed by atoms with Crippen molar-refractivity contribution in [1.82, 2.24) is 15.3 Å². The van der Waals surface area contributed by atoms with E-state index in [9.17, 15) is 9.59 Å². The van der Waals surface area contributed by atoms with E-state index in [0.717, 1.165) is 13.0 Å². The lowest BCUT2D eigenvalue weighted by Gasteiger charge is -2.19. The number of carbonyl (C=O) groups is 2. The second-order valence-electron chi connectivity index (χ2n) is 5.45. The predicted molar refractivity (Wildman–Crippen MR) is 88.5 cm³/mol. The van der Waals surface area contributed by atoms with E-state index in [1.807, 2.05) is 4.90 Å². The maximum absolute atomic E-state index is 12.3. The zero-order valence-corrected chi connectivity index (χ0v) is 13.4. The first-order valence-electron chi connectivity index (χ1n) is 7.40. The number of aromatic carboxylic acids is 1. The van der Waals surface area contributed by atoms with E-state index in [-0.39, 0.29) is 23.2 Å². The van der Waals surface area contributed by atoms with Crippen molar-refractivity contribution in [2.45, 2.75) is 12.5 Å². The van der Waals surface area contributed by atoms with Gasteiger partial charge in [0.05, 0.1) is 5.02 Å². The zero-order chi connectivity index (χ0) is 17.1. The number of halogens is 1. The molecule has 1 atom stereocenters. The zero-order valence-electron chi connectivity index (χ0n) is 12.6. The van der Waals surface area contributed by atoms with Gasteiger partial charge in [0, 0.05) is 37.1 Å². The Morgan fingerprint density at radius 2 is 2.12 bits per heavy atom. The van der Waals surface area contributed by atoms with E-state index in [4.69, 9.17) is 16.7 Å². The first-order valence-corrected chi connectivity index (χ1v) is 7.78. The summed E-state index contributed by atoms with van der Waals surface area (Å²) in [5.41, 5.74) is 0.118. The molecule has 3 rings (SSSR count). The monoisotopic (exact) mass is 346 g/mol. The molecular formula is C16H15ClN4O3. The van der Waals surface area contributed by atoms with Gasteiger partial charge in [0.2, 0.25) is 0 Å². The molecule has 0 spiro atoms. The Morgan fingerprint density at radius 1 is 1.29 bits per heavy atom. The molecule has 124 valence electrons. The summed E-state index contributed by atoms with van der Waals surface area (Å²) in [7, 11) is 0. The Hall–Kier alpha value is -2.67. The summed E-state index contributed by atoms with van der Waals surface area (Å²) >= 11 is 6.15. The molecule has 1 aliphatic heterocycles. The molecular weight excluding hydrogens is 332 g/mol. The number of hydrogen-bond donors (Lipinski definition) is 2. The fraction of sp³-hybridized carbons (Fsp3) is 0.250. The van der Waals surface area contributed by atoms with Crippen LogP contribution in [0.4, 0.5) is 5.82 Å². The summed E-state index contributed by atoms with van der Waals surface area (Å²) in [4.78, 5) is 33.2. The number of anilines is 1. The number of rotatable bonds is 4. The summed E-state index contributed by atoms with van der Waals surface area (Å²) in [6, 6.07) is 6.24. The van der Waals surface area contributed by atoms with Gasteiger partial charge in [-0.15, -0.1) is 0 Å².